The highest BCUT2D eigenvalue weighted by molar-refractivity contribution is 6.14. The Morgan fingerprint density at radius 1 is 1.17 bits per heavy atom. The third kappa shape index (κ3) is 4.52. The fraction of sp³-hybridized carbons (Fsp3) is 0.407. The minimum Gasteiger partial charge on any atom is -0.494 e. The van der Waals surface area contributed by atoms with Gasteiger partial charge in [0.15, 0.2) is 5.84 Å². The molecular weight excluding hydrogens is 442 g/mol. The van der Waals surface area contributed by atoms with E-state index in [9.17, 15) is 4.79 Å². The molecule has 2 aromatic carbocycles. The summed E-state index contributed by atoms with van der Waals surface area (Å²) >= 11 is 0. The summed E-state index contributed by atoms with van der Waals surface area (Å²) in [6.07, 6.45) is 5.15. The first-order valence-corrected chi connectivity index (χ1v) is 12.4. The van der Waals surface area contributed by atoms with Gasteiger partial charge in [0.2, 0.25) is 0 Å². The number of aromatic nitrogens is 1. The first kappa shape index (κ1) is 23.1. The van der Waals surface area contributed by atoms with Crippen LogP contribution in [0, 0.1) is 5.92 Å². The SMILES string of the molecule is CCOc1ccc2c(/C(N)=N/N)c(-c3ccc(NC(=O)OC(C)C4CC4)cc3)n(C3CCC3)c2c1. The molecule has 0 radical (unpaired) electrons. The zero-order valence-corrected chi connectivity index (χ0v) is 20.3. The number of anilines is 1. The van der Waals surface area contributed by atoms with Crippen LogP contribution >= 0.6 is 0 Å². The Morgan fingerprint density at radius 2 is 1.91 bits per heavy atom. The number of ether oxygens (including phenoxy) is 2. The molecule has 35 heavy (non-hydrogen) atoms. The predicted octanol–water partition coefficient (Wildman–Crippen LogP) is 5.36. The average molecular weight is 476 g/mol. The first-order valence-electron chi connectivity index (χ1n) is 12.4. The number of nitrogens with one attached hydrogen (secondary N) is 1. The quantitative estimate of drug-likeness (QED) is 0.176. The van der Waals surface area contributed by atoms with Gasteiger partial charge >= 0.3 is 6.09 Å². The smallest absolute Gasteiger partial charge is 0.411 e. The van der Waals surface area contributed by atoms with Gasteiger partial charge in [-0.1, -0.05) is 12.1 Å². The van der Waals surface area contributed by atoms with E-state index in [4.69, 9.17) is 21.1 Å². The Kier molecular flexibility index (Phi) is 6.28. The zero-order valence-electron chi connectivity index (χ0n) is 20.3. The average Bonchev–Trinajstić information content (AvgIpc) is 3.62. The van der Waals surface area contributed by atoms with Crippen LogP contribution in [0.1, 0.15) is 57.6 Å². The van der Waals surface area contributed by atoms with Crippen LogP contribution in [-0.2, 0) is 4.74 Å². The van der Waals surface area contributed by atoms with Gasteiger partial charge in [-0.3, -0.25) is 5.32 Å². The van der Waals surface area contributed by atoms with E-state index in [1.807, 2.05) is 50.2 Å². The van der Waals surface area contributed by atoms with Crippen LogP contribution in [0.25, 0.3) is 22.2 Å². The van der Waals surface area contributed by atoms with E-state index in [1.165, 1.54) is 6.42 Å². The van der Waals surface area contributed by atoms with Crippen LogP contribution in [0.2, 0.25) is 0 Å². The van der Waals surface area contributed by atoms with Gasteiger partial charge in [0.05, 0.1) is 23.4 Å². The molecule has 1 amide bonds. The Morgan fingerprint density at radius 3 is 2.51 bits per heavy atom. The Labute approximate surface area is 205 Å². The van der Waals surface area contributed by atoms with Gasteiger partial charge in [-0.25, -0.2) is 4.79 Å². The number of amides is 1. The number of hydrazone groups is 1. The number of carbonyl (C=O) groups excluding carboxylic acids is 1. The summed E-state index contributed by atoms with van der Waals surface area (Å²) in [7, 11) is 0. The minimum atomic E-state index is -0.426. The highest BCUT2D eigenvalue weighted by Gasteiger charge is 2.31. The van der Waals surface area contributed by atoms with E-state index in [0.717, 1.165) is 59.2 Å². The molecule has 5 rings (SSSR count). The summed E-state index contributed by atoms with van der Waals surface area (Å²) in [6.45, 7) is 4.52. The number of hydrogen-bond acceptors (Lipinski definition) is 5. The molecule has 1 aromatic heterocycles. The number of nitrogens with two attached hydrogens (primary N) is 2. The second kappa shape index (κ2) is 9.52. The van der Waals surface area contributed by atoms with Crippen LogP contribution in [-0.4, -0.2) is 29.2 Å². The van der Waals surface area contributed by atoms with Crippen LogP contribution in [0.5, 0.6) is 5.75 Å². The number of fused-ring (bicyclic) bond motifs is 1. The lowest BCUT2D eigenvalue weighted by Crippen LogP contribution is -2.21. The molecular formula is C27H33N5O3. The van der Waals surface area contributed by atoms with E-state index in [1.54, 1.807) is 0 Å². The third-order valence-electron chi connectivity index (χ3n) is 7.11. The largest absolute Gasteiger partial charge is 0.494 e. The van der Waals surface area contributed by atoms with Crippen molar-refractivity contribution in [1.29, 1.82) is 0 Å². The number of benzene rings is 2. The van der Waals surface area contributed by atoms with Crippen molar-refractivity contribution in [2.45, 2.75) is 58.1 Å². The zero-order chi connectivity index (χ0) is 24.5. The highest BCUT2D eigenvalue weighted by atomic mass is 16.6. The van der Waals surface area contributed by atoms with Crippen LogP contribution in [0.3, 0.4) is 0 Å². The van der Waals surface area contributed by atoms with E-state index >= 15 is 0 Å². The minimum absolute atomic E-state index is 0.0601. The Hall–Kier alpha value is -3.68. The molecule has 8 heteroatoms. The van der Waals surface area contributed by atoms with Crippen molar-refractivity contribution in [3.63, 3.8) is 0 Å². The number of nitrogens with zero attached hydrogens (tertiary/aromatic N) is 2. The molecule has 0 aliphatic heterocycles. The van der Waals surface area contributed by atoms with Gasteiger partial charge in [-0.15, -0.1) is 0 Å². The van der Waals surface area contributed by atoms with Crippen molar-refractivity contribution in [3.05, 3.63) is 48.0 Å². The van der Waals surface area contributed by atoms with Gasteiger partial charge in [0.25, 0.3) is 0 Å². The third-order valence-corrected chi connectivity index (χ3v) is 7.11. The fourth-order valence-corrected chi connectivity index (χ4v) is 4.87. The molecule has 0 spiro atoms. The van der Waals surface area contributed by atoms with Crippen molar-refractivity contribution in [3.8, 4) is 17.0 Å². The molecule has 3 aromatic rings. The maximum absolute atomic E-state index is 12.3. The first-order chi connectivity index (χ1) is 17.0. The molecule has 2 aliphatic rings. The lowest BCUT2D eigenvalue weighted by molar-refractivity contribution is 0.108. The normalized spacial score (nSPS) is 17.1. The molecule has 1 atom stereocenters. The molecule has 8 nitrogen and oxygen atoms in total. The topological polar surface area (TPSA) is 117 Å². The summed E-state index contributed by atoms with van der Waals surface area (Å²) < 4.78 is 13.6. The molecule has 0 bridgehead atoms. The number of rotatable bonds is 8. The van der Waals surface area contributed by atoms with E-state index < -0.39 is 6.09 Å². The Bertz CT molecular complexity index is 1260. The monoisotopic (exact) mass is 475 g/mol. The van der Waals surface area contributed by atoms with Gasteiger partial charge < -0.3 is 25.6 Å². The van der Waals surface area contributed by atoms with Crippen molar-refractivity contribution < 1.29 is 14.3 Å². The van der Waals surface area contributed by atoms with Crippen LogP contribution < -0.4 is 21.6 Å². The molecule has 1 heterocycles. The van der Waals surface area contributed by atoms with Gasteiger partial charge in [0, 0.05) is 23.2 Å². The van der Waals surface area contributed by atoms with Crippen molar-refractivity contribution in [2.75, 3.05) is 11.9 Å². The number of amidine groups is 1. The van der Waals surface area contributed by atoms with Crippen LogP contribution in [0.4, 0.5) is 10.5 Å². The maximum atomic E-state index is 12.3. The van der Waals surface area contributed by atoms with Crippen molar-refractivity contribution in [1.82, 2.24) is 4.57 Å². The standard InChI is InChI=1S/C27H33N5O3/c1-3-34-21-13-14-22-23(15-21)32(20-5-4-6-20)25(24(22)26(28)31-29)18-9-11-19(12-10-18)30-27(33)35-16(2)17-7-8-17/h9-17,20H,3-8,29H2,1-2H3,(H2,28,31)(H,30,33). The molecule has 0 saturated heterocycles. The maximum Gasteiger partial charge on any atom is 0.411 e. The highest BCUT2D eigenvalue weighted by Crippen LogP contribution is 2.43. The summed E-state index contributed by atoms with van der Waals surface area (Å²) in [4.78, 5) is 12.3. The van der Waals surface area contributed by atoms with E-state index in [0.29, 0.717) is 24.3 Å². The van der Waals surface area contributed by atoms with Gasteiger partial charge in [0.1, 0.15) is 11.9 Å². The number of carbonyl (C=O) groups is 1. The Balaban J connectivity index is 1.53. The van der Waals surface area contributed by atoms with E-state index in [-0.39, 0.29) is 11.9 Å². The summed E-state index contributed by atoms with van der Waals surface area (Å²) in [5, 5.41) is 7.68. The van der Waals surface area contributed by atoms with E-state index in [2.05, 4.69) is 21.1 Å². The molecule has 2 saturated carbocycles. The summed E-state index contributed by atoms with van der Waals surface area (Å²) in [5.74, 6) is 7.26. The van der Waals surface area contributed by atoms with Gasteiger partial charge in [-0.05, 0) is 81.7 Å². The molecule has 2 fully saturated rings. The molecule has 184 valence electrons. The summed E-state index contributed by atoms with van der Waals surface area (Å²) in [6, 6.07) is 14.1. The fourth-order valence-electron chi connectivity index (χ4n) is 4.87. The molecule has 2 aliphatic carbocycles. The van der Waals surface area contributed by atoms with Crippen molar-refractivity contribution >= 4 is 28.5 Å². The lowest BCUT2D eigenvalue weighted by atomic mass is 9.92. The number of hydrogen-bond donors (Lipinski definition) is 3. The second-order valence-corrected chi connectivity index (χ2v) is 9.45. The lowest BCUT2D eigenvalue weighted by Gasteiger charge is -2.30. The predicted molar refractivity (Wildman–Crippen MR) is 139 cm³/mol. The summed E-state index contributed by atoms with van der Waals surface area (Å²) in [5.41, 5.74) is 10.8. The second-order valence-electron chi connectivity index (χ2n) is 9.45. The van der Waals surface area contributed by atoms with Crippen molar-refractivity contribution in [2.24, 2.45) is 22.6 Å². The van der Waals surface area contributed by atoms with Gasteiger partial charge in [-0.2, -0.15) is 5.10 Å². The molecule has 1 unspecified atom stereocenters. The molecule has 5 N–H and O–H groups in total. The van der Waals surface area contributed by atoms with Crippen LogP contribution in [0.15, 0.2) is 47.6 Å².